The fraction of sp³-hybridized carbons (Fsp3) is 0.941. The first-order valence-electron chi connectivity index (χ1n) is 34.3. The van der Waals surface area contributed by atoms with Crippen molar-refractivity contribution in [3.63, 3.8) is 0 Å². The van der Waals surface area contributed by atoms with E-state index in [9.17, 15) is 19.2 Å². The van der Waals surface area contributed by atoms with Crippen LogP contribution in [0.3, 0.4) is 0 Å². The molecule has 0 N–H and O–H groups in total. The summed E-state index contributed by atoms with van der Waals surface area (Å²) in [6.07, 6.45) is 54.9. The maximum absolute atomic E-state index is 14.0. The van der Waals surface area contributed by atoms with Gasteiger partial charge in [0.2, 0.25) is 5.91 Å². The zero-order chi connectivity index (χ0) is 56.5. The number of rotatable bonds is 54. The topological polar surface area (TPSA) is 106 Å². The molecule has 78 heavy (non-hydrogen) atoms. The van der Waals surface area contributed by atoms with Gasteiger partial charge < -0.3 is 28.9 Å². The molecule has 0 radical (unpaired) electrons. The SMILES string of the molecule is CCCCCCCCCCCC(CCCCCCCCCCC)COC(=O)CC1CC(N(CCCCCCCC(=O)OCC(CCCCCCCCC)CCCCCCCCC)C(=O)OC2CCN(C(=O)CN(C)C)CC2)C1. The first kappa shape index (κ1) is 71.7. The van der Waals surface area contributed by atoms with Crippen LogP contribution in [0.15, 0.2) is 0 Å². The molecule has 0 bridgehead atoms. The molecule has 0 aromatic carbocycles. The van der Waals surface area contributed by atoms with Crippen LogP contribution in [0.2, 0.25) is 0 Å². The molecule has 2 amide bonds. The molecule has 1 saturated heterocycles. The number of esters is 2. The van der Waals surface area contributed by atoms with Crippen molar-refractivity contribution in [2.24, 2.45) is 17.8 Å². The summed E-state index contributed by atoms with van der Waals surface area (Å²) in [4.78, 5) is 58.8. The molecule has 458 valence electrons. The molecule has 10 nitrogen and oxygen atoms in total. The summed E-state index contributed by atoms with van der Waals surface area (Å²) in [6, 6.07) is 0.0540. The largest absolute Gasteiger partial charge is 0.465 e. The third-order valence-electron chi connectivity index (χ3n) is 17.5. The Kier molecular flexibility index (Phi) is 46.3. The number of carbonyl (C=O) groups is 4. The number of ether oxygens (including phenoxy) is 3. The molecule has 1 aliphatic carbocycles. The molecule has 0 spiro atoms. The Hall–Kier alpha value is -2.36. The minimum absolute atomic E-state index is 0.0487. The Balaban J connectivity index is 1.86. The van der Waals surface area contributed by atoms with E-state index in [2.05, 4.69) is 27.7 Å². The van der Waals surface area contributed by atoms with Crippen molar-refractivity contribution in [2.45, 2.75) is 342 Å². The second kappa shape index (κ2) is 50.4. The highest BCUT2D eigenvalue weighted by molar-refractivity contribution is 5.78. The quantitative estimate of drug-likeness (QED) is 0.0337. The second-order valence-electron chi connectivity index (χ2n) is 25.3. The van der Waals surface area contributed by atoms with Gasteiger partial charge in [-0.15, -0.1) is 0 Å². The number of carbonyl (C=O) groups excluding carboxylic acids is 4. The third-order valence-corrected chi connectivity index (χ3v) is 17.5. The molecule has 2 aliphatic rings. The lowest BCUT2D eigenvalue weighted by molar-refractivity contribution is -0.148. The first-order valence-corrected chi connectivity index (χ1v) is 34.3. The third kappa shape index (κ3) is 39.1. The Bertz CT molecular complexity index is 1370. The van der Waals surface area contributed by atoms with Crippen LogP contribution in [-0.2, 0) is 28.6 Å². The van der Waals surface area contributed by atoms with Crippen molar-refractivity contribution in [1.29, 1.82) is 0 Å². The zero-order valence-electron chi connectivity index (χ0n) is 52.6. The fourth-order valence-electron chi connectivity index (χ4n) is 12.1. The Labute approximate surface area is 482 Å². The minimum atomic E-state index is -0.255. The Morgan fingerprint density at radius 1 is 0.462 bits per heavy atom. The second-order valence-corrected chi connectivity index (χ2v) is 25.3. The number of piperidine rings is 1. The maximum atomic E-state index is 14.0. The molecule has 1 aliphatic heterocycles. The monoisotopic (exact) mass is 1100 g/mol. The van der Waals surface area contributed by atoms with Crippen LogP contribution in [-0.4, -0.2) is 104 Å². The predicted octanol–water partition coefficient (Wildman–Crippen LogP) is 18.9. The molecule has 10 heteroatoms. The molecule has 0 atom stereocenters. The summed E-state index contributed by atoms with van der Waals surface area (Å²) in [5.41, 5.74) is 0. The smallest absolute Gasteiger partial charge is 0.410 e. The zero-order valence-corrected chi connectivity index (χ0v) is 52.6. The van der Waals surface area contributed by atoms with Gasteiger partial charge in [-0.2, -0.15) is 0 Å². The number of nitrogens with zero attached hydrogens (tertiary/aromatic N) is 3. The molecular formula is C68H129N3O7. The van der Waals surface area contributed by atoms with Crippen molar-refractivity contribution in [3.8, 4) is 0 Å². The molecule has 2 rings (SSSR count). The molecule has 0 aromatic heterocycles. The normalized spacial score (nSPS) is 15.8. The maximum Gasteiger partial charge on any atom is 0.410 e. The van der Waals surface area contributed by atoms with Gasteiger partial charge in [-0.3, -0.25) is 14.4 Å². The minimum Gasteiger partial charge on any atom is -0.465 e. The van der Waals surface area contributed by atoms with Crippen LogP contribution in [0.1, 0.15) is 329 Å². The average Bonchev–Trinajstić information content (AvgIpc) is 3.41. The molecule has 0 aromatic rings. The Morgan fingerprint density at radius 3 is 1.22 bits per heavy atom. The van der Waals surface area contributed by atoms with Gasteiger partial charge in [-0.25, -0.2) is 4.79 Å². The van der Waals surface area contributed by atoms with Gasteiger partial charge in [0.25, 0.3) is 0 Å². The van der Waals surface area contributed by atoms with Crippen molar-refractivity contribution in [1.82, 2.24) is 14.7 Å². The highest BCUT2D eigenvalue weighted by Gasteiger charge is 2.39. The lowest BCUT2D eigenvalue weighted by atomic mass is 9.77. The van der Waals surface area contributed by atoms with E-state index in [0.717, 1.165) is 57.8 Å². The number of likely N-dealkylation sites (N-methyl/N-ethyl adjacent to an activating group) is 1. The number of unbranched alkanes of at least 4 members (excludes halogenated alkanes) is 32. The van der Waals surface area contributed by atoms with Gasteiger partial charge in [0, 0.05) is 51.4 Å². The van der Waals surface area contributed by atoms with Crippen LogP contribution in [0, 0.1) is 17.8 Å². The van der Waals surface area contributed by atoms with E-state index in [1.54, 1.807) is 0 Å². The van der Waals surface area contributed by atoms with E-state index >= 15 is 0 Å². The van der Waals surface area contributed by atoms with Crippen molar-refractivity contribution >= 4 is 23.9 Å². The summed E-state index contributed by atoms with van der Waals surface area (Å²) >= 11 is 0. The van der Waals surface area contributed by atoms with Crippen LogP contribution in [0.25, 0.3) is 0 Å². The number of hydrogen-bond acceptors (Lipinski definition) is 8. The van der Waals surface area contributed by atoms with Gasteiger partial charge in [0.15, 0.2) is 0 Å². The van der Waals surface area contributed by atoms with Gasteiger partial charge >= 0.3 is 18.0 Å². The number of hydrogen-bond donors (Lipinski definition) is 0. The molecule has 1 heterocycles. The van der Waals surface area contributed by atoms with Crippen LogP contribution < -0.4 is 0 Å². The molecule has 1 saturated carbocycles. The van der Waals surface area contributed by atoms with E-state index in [1.807, 2.05) is 28.8 Å². The van der Waals surface area contributed by atoms with E-state index < -0.39 is 0 Å². The molecule has 2 fully saturated rings. The summed E-state index contributed by atoms with van der Waals surface area (Å²) in [7, 11) is 3.82. The number of amides is 2. The van der Waals surface area contributed by atoms with E-state index in [4.69, 9.17) is 14.2 Å². The highest BCUT2D eigenvalue weighted by Crippen LogP contribution is 2.36. The summed E-state index contributed by atoms with van der Waals surface area (Å²) in [5.74, 6) is 1.13. The van der Waals surface area contributed by atoms with Crippen molar-refractivity contribution < 1.29 is 33.4 Å². The van der Waals surface area contributed by atoms with E-state index in [-0.39, 0.29) is 42.0 Å². The summed E-state index contributed by atoms with van der Waals surface area (Å²) < 4.78 is 18.2. The highest BCUT2D eigenvalue weighted by atomic mass is 16.6. The fourth-order valence-corrected chi connectivity index (χ4v) is 12.1. The Morgan fingerprint density at radius 2 is 0.821 bits per heavy atom. The lowest BCUT2D eigenvalue weighted by Gasteiger charge is -2.43. The van der Waals surface area contributed by atoms with Crippen molar-refractivity contribution in [3.05, 3.63) is 0 Å². The van der Waals surface area contributed by atoms with Gasteiger partial charge in [-0.05, 0) is 83.2 Å². The van der Waals surface area contributed by atoms with Gasteiger partial charge in [-0.1, -0.05) is 252 Å². The average molecular weight is 1100 g/mol. The lowest BCUT2D eigenvalue weighted by Crippen LogP contribution is -2.50. The molecule has 0 unspecified atom stereocenters. The van der Waals surface area contributed by atoms with Gasteiger partial charge in [0.1, 0.15) is 6.10 Å². The standard InChI is InChI=1S/C68H129N3O7/c1-7-11-15-19-23-25-29-34-40-46-61(47-41-35-30-26-24-20-16-12-8-2)59-77-67(74)56-62-54-63(55-62)71(68(75)78-64-49-52-70(53-50-64)65(72)57-69(5)6)51-43-37-31-36-42-48-66(73)76-58-60(44-38-32-27-21-17-13-9-3)45-39-33-28-22-18-14-10-4/h60-64H,7-59H2,1-6H3. The van der Waals surface area contributed by atoms with E-state index in [1.165, 1.54) is 218 Å². The van der Waals surface area contributed by atoms with Crippen LogP contribution in [0.5, 0.6) is 0 Å². The summed E-state index contributed by atoms with van der Waals surface area (Å²) in [6.45, 7) is 12.4. The van der Waals surface area contributed by atoms with Crippen LogP contribution in [0.4, 0.5) is 4.79 Å². The molecular weight excluding hydrogens is 971 g/mol. The number of likely N-dealkylation sites (tertiary alicyclic amines) is 1. The van der Waals surface area contributed by atoms with Crippen LogP contribution >= 0.6 is 0 Å². The predicted molar refractivity (Wildman–Crippen MR) is 328 cm³/mol. The van der Waals surface area contributed by atoms with E-state index in [0.29, 0.717) is 76.9 Å². The van der Waals surface area contributed by atoms with Gasteiger partial charge in [0.05, 0.1) is 19.8 Å². The first-order chi connectivity index (χ1) is 38.1. The van der Waals surface area contributed by atoms with Crippen molar-refractivity contribution in [2.75, 3.05) is 53.5 Å². The summed E-state index contributed by atoms with van der Waals surface area (Å²) in [5, 5.41) is 0.